The normalized spacial score (nSPS) is 15.3. The summed E-state index contributed by atoms with van der Waals surface area (Å²) in [6.45, 7) is 8.90. The van der Waals surface area contributed by atoms with Crippen LogP contribution in [0.15, 0.2) is 24.3 Å². The van der Waals surface area contributed by atoms with Crippen molar-refractivity contribution < 1.29 is 13.9 Å². The van der Waals surface area contributed by atoms with Gasteiger partial charge in [0.1, 0.15) is 24.1 Å². The lowest BCUT2D eigenvalue weighted by atomic mass is 10.1. The van der Waals surface area contributed by atoms with Crippen LogP contribution in [0.3, 0.4) is 0 Å². The van der Waals surface area contributed by atoms with Crippen LogP contribution in [0.1, 0.15) is 44.1 Å². The number of fused-ring (bicyclic) bond motifs is 1. The second-order valence-corrected chi connectivity index (χ2v) is 8.57. The molecule has 3 aromatic rings. The molecule has 2 aromatic heterocycles. The van der Waals surface area contributed by atoms with Crippen LogP contribution in [0.25, 0.3) is 16.7 Å². The molecule has 0 N–H and O–H groups in total. The van der Waals surface area contributed by atoms with Crippen LogP contribution in [0.4, 0.5) is 10.2 Å². The first-order chi connectivity index (χ1) is 15.9. The predicted octanol–water partition coefficient (Wildman–Crippen LogP) is 3.46. The molecule has 1 fully saturated rings. The zero-order valence-corrected chi connectivity index (χ0v) is 19.7. The molecule has 1 aliphatic rings. The van der Waals surface area contributed by atoms with E-state index in [1.54, 1.807) is 16.8 Å². The SMILES string of the molecule is CCC[C@@H](C)c1nc(N2CCN(C(=O)COC)CC2)c2c(C)nn(-c3ccc(F)cc3)c2n1. The Kier molecular flexibility index (Phi) is 6.88. The number of aromatic nitrogens is 4. The van der Waals surface area contributed by atoms with Crippen molar-refractivity contribution in [3.05, 3.63) is 41.6 Å². The highest BCUT2D eigenvalue weighted by Gasteiger charge is 2.27. The second-order valence-electron chi connectivity index (χ2n) is 8.57. The molecular weight excluding hydrogens is 423 g/mol. The summed E-state index contributed by atoms with van der Waals surface area (Å²) in [7, 11) is 1.53. The molecule has 8 nitrogen and oxygen atoms in total. The molecule has 0 saturated carbocycles. The van der Waals surface area contributed by atoms with Crippen molar-refractivity contribution >= 4 is 22.8 Å². The van der Waals surface area contributed by atoms with Crippen molar-refractivity contribution in [2.45, 2.75) is 39.5 Å². The zero-order valence-electron chi connectivity index (χ0n) is 19.7. The molecule has 9 heteroatoms. The van der Waals surface area contributed by atoms with E-state index in [0.29, 0.717) is 26.2 Å². The number of piperazine rings is 1. The Morgan fingerprint density at radius 2 is 1.85 bits per heavy atom. The van der Waals surface area contributed by atoms with Gasteiger partial charge in [-0.1, -0.05) is 20.3 Å². The maximum atomic E-state index is 13.5. The van der Waals surface area contributed by atoms with Gasteiger partial charge in [0.15, 0.2) is 5.65 Å². The molecule has 1 atom stereocenters. The number of rotatable bonds is 7. The highest BCUT2D eigenvalue weighted by Crippen LogP contribution is 2.32. The van der Waals surface area contributed by atoms with Crippen LogP contribution in [0.2, 0.25) is 0 Å². The molecule has 0 aliphatic carbocycles. The smallest absolute Gasteiger partial charge is 0.248 e. The summed E-state index contributed by atoms with van der Waals surface area (Å²) in [4.78, 5) is 26.2. The molecule has 4 rings (SSSR count). The van der Waals surface area contributed by atoms with Crippen molar-refractivity contribution in [1.29, 1.82) is 0 Å². The van der Waals surface area contributed by atoms with E-state index in [1.807, 2.05) is 11.8 Å². The molecule has 1 amide bonds. The van der Waals surface area contributed by atoms with Crippen molar-refractivity contribution in [2.75, 3.05) is 44.8 Å². The van der Waals surface area contributed by atoms with E-state index in [2.05, 4.69) is 18.7 Å². The van der Waals surface area contributed by atoms with E-state index in [1.165, 1.54) is 19.2 Å². The number of hydrogen-bond donors (Lipinski definition) is 0. The molecule has 0 unspecified atom stereocenters. The minimum atomic E-state index is -0.291. The Balaban J connectivity index is 1.77. The third-order valence-corrected chi connectivity index (χ3v) is 6.13. The molecule has 0 spiro atoms. The number of carbonyl (C=O) groups excluding carboxylic acids is 1. The Morgan fingerprint density at radius 1 is 1.15 bits per heavy atom. The lowest BCUT2D eigenvalue weighted by Gasteiger charge is -2.35. The summed E-state index contributed by atoms with van der Waals surface area (Å²) in [5, 5.41) is 5.64. The molecule has 1 saturated heterocycles. The zero-order chi connectivity index (χ0) is 23.5. The molecule has 1 aliphatic heterocycles. The Morgan fingerprint density at radius 3 is 2.48 bits per heavy atom. The van der Waals surface area contributed by atoms with Gasteiger partial charge in [0.25, 0.3) is 0 Å². The first kappa shape index (κ1) is 23.1. The fourth-order valence-corrected chi connectivity index (χ4v) is 4.33. The predicted molar refractivity (Wildman–Crippen MR) is 125 cm³/mol. The van der Waals surface area contributed by atoms with Gasteiger partial charge in [-0.3, -0.25) is 4.79 Å². The number of aryl methyl sites for hydroxylation is 1. The lowest BCUT2D eigenvalue weighted by molar-refractivity contribution is -0.135. The van der Waals surface area contributed by atoms with E-state index >= 15 is 0 Å². The highest BCUT2D eigenvalue weighted by atomic mass is 19.1. The van der Waals surface area contributed by atoms with Gasteiger partial charge in [0.05, 0.1) is 16.8 Å². The van der Waals surface area contributed by atoms with E-state index in [4.69, 9.17) is 19.8 Å². The van der Waals surface area contributed by atoms with Gasteiger partial charge in [0, 0.05) is 39.2 Å². The fraction of sp³-hybridized carbons (Fsp3) is 0.500. The number of anilines is 1. The van der Waals surface area contributed by atoms with E-state index in [0.717, 1.165) is 46.9 Å². The van der Waals surface area contributed by atoms with Crippen LogP contribution in [0, 0.1) is 12.7 Å². The van der Waals surface area contributed by atoms with Crippen molar-refractivity contribution in [3.8, 4) is 5.69 Å². The summed E-state index contributed by atoms with van der Waals surface area (Å²) in [5.74, 6) is 1.53. The van der Waals surface area contributed by atoms with Crippen LogP contribution in [-0.2, 0) is 9.53 Å². The van der Waals surface area contributed by atoms with Crippen LogP contribution < -0.4 is 4.90 Å². The third-order valence-electron chi connectivity index (χ3n) is 6.13. The molecule has 33 heavy (non-hydrogen) atoms. The standard InChI is InChI=1S/C24H31FN6O2/c1-5-6-16(2)22-26-23(30-13-11-29(12-14-30)20(32)15-33-4)21-17(3)28-31(24(21)27-22)19-9-7-18(25)8-10-19/h7-10,16H,5-6,11-15H2,1-4H3/t16-/m1/s1. The van der Waals surface area contributed by atoms with Crippen LogP contribution in [-0.4, -0.2) is 70.5 Å². The number of nitrogens with zero attached hydrogens (tertiary/aromatic N) is 6. The average molecular weight is 455 g/mol. The average Bonchev–Trinajstić information content (AvgIpc) is 3.16. The molecule has 176 valence electrons. The Bertz CT molecular complexity index is 1120. The van der Waals surface area contributed by atoms with Gasteiger partial charge < -0.3 is 14.5 Å². The topological polar surface area (TPSA) is 76.4 Å². The summed E-state index contributed by atoms with van der Waals surface area (Å²) < 4.78 is 20.3. The van der Waals surface area contributed by atoms with Crippen molar-refractivity contribution in [2.24, 2.45) is 0 Å². The summed E-state index contributed by atoms with van der Waals surface area (Å²) in [5.41, 5.74) is 2.29. The summed E-state index contributed by atoms with van der Waals surface area (Å²) in [6.07, 6.45) is 2.02. The second kappa shape index (κ2) is 9.82. The number of carbonyl (C=O) groups is 1. The number of ether oxygens (including phenoxy) is 1. The number of amides is 1. The monoisotopic (exact) mass is 454 g/mol. The van der Waals surface area contributed by atoms with Crippen LogP contribution >= 0.6 is 0 Å². The number of hydrogen-bond acceptors (Lipinski definition) is 6. The van der Waals surface area contributed by atoms with Crippen LogP contribution in [0.5, 0.6) is 0 Å². The van der Waals surface area contributed by atoms with Gasteiger partial charge in [-0.05, 0) is 37.6 Å². The largest absolute Gasteiger partial charge is 0.375 e. The lowest BCUT2D eigenvalue weighted by Crippen LogP contribution is -2.50. The van der Waals surface area contributed by atoms with Gasteiger partial charge in [-0.15, -0.1) is 0 Å². The first-order valence-electron chi connectivity index (χ1n) is 11.5. The number of benzene rings is 1. The van der Waals surface area contributed by atoms with Gasteiger partial charge in [-0.25, -0.2) is 19.0 Å². The quantitative estimate of drug-likeness (QED) is 0.544. The molecule has 0 radical (unpaired) electrons. The minimum absolute atomic E-state index is 0.00236. The van der Waals surface area contributed by atoms with E-state index in [9.17, 15) is 9.18 Å². The minimum Gasteiger partial charge on any atom is -0.375 e. The summed E-state index contributed by atoms with van der Waals surface area (Å²) >= 11 is 0. The van der Waals surface area contributed by atoms with Gasteiger partial charge in [-0.2, -0.15) is 5.10 Å². The maximum Gasteiger partial charge on any atom is 0.248 e. The maximum absolute atomic E-state index is 13.5. The third kappa shape index (κ3) is 4.68. The van der Waals surface area contributed by atoms with Gasteiger partial charge >= 0.3 is 0 Å². The summed E-state index contributed by atoms with van der Waals surface area (Å²) in [6, 6.07) is 6.27. The van der Waals surface area contributed by atoms with E-state index in [-0.39, 0.29) is 24.2 Å². The van der Waals surface area contributed by atoms with E-state index < -0.39 is 0 Å². The highest BCUT2D eigenvalue weighted by molar-refractivity contribution is 5.91. The van der Waals surface area contributed by atoms with Crippen molar-refractivity contribution in [1.82, 2.24) is 24.6 Å². The fourth-order valence-electron chi connectivity index (χ4n) is 4.33. The molecule has 3 heterocycles. The number of methoxy groups -OCH3 is 1. The molecule has 1 aromatic carbocycles. The van der Waals surface area contributed by atoms with Gasteiger partial charge in [0.2, 0.25) is 5.91 Å². The molecular formula is C24H31FN6O2. The molecule has 0 bridgehead atoms. The Hall–Kier alpha value is -3.07. The van der Waals surface area contributed by atoms with Crippen molar-refractivity contribution in [3.63, 3.8) is 0 Å². The Labute approximate surface area is 193 Å². The first-order valence-corrected chi connectivity index (χ1v) is 11.5. The number of halogens is 1.